The van der Waals surface area contributed by atoms with E-state index in [-0.39, 0.29) is 18.5 Å². The third-order valence-electron chi connectivity index (χ3n) is 4.28. The summed E-state index contributed by atoms with van der Waals surface area (Å²) in [6, 6.07) is 2.15. The van der Waals surface area contributed by atoms with E-state index in [1.165, 1.54) is 6.33 Å². The Morgan fingerprint density at radius 2 is 2.21 bits per heavy atom. The van der Waals surface area contributed by atoms with Gasteiger partial charge in [0.15, 0.2) is 0 Å². The summed E-state index contributed by atoms with van der Waals surface area (Å²) in [7, 11) is 1.87. The molecule has 9 heteroatoms. The lowest BCUT2D eigenvalue weighted by molar-refractivity contribution is -0.133. The fourth-order valence-corrected chi connectivity index (χ4v) is 3.19. The molecule has 0 unspecified atom stereocenters. The van der Waals surface area contributed by atoms with Gasteiger partial charge in [0.05, 0.1) is 0 Å². The first-order chi connectivity index (χ1) is 11.7. The Balaban J connectivity index is 1.55. The highest BCUT2D eigenvalue weighted by atomic mass is 32.2. The van der Waals surface area contributed by atoms with Crippen LogP contribution in [-0.2, 0) is 11.3 Å². The van der Waals surface area contributed by atoms with Crippen molar-refractivity contribution in [1.29, 1.82) is 0 Å². The minimum absolute atomic E-state index is 0.0552. The monoisotopic (exact) mass is 347 g/mol. The minimum atomic E-state index is 0.0552. The minimum Gasteiger partial charge on any atom is -0.341 e. The number of hydrogen-bond acceptors (Lipinski definition) is 7. The fourth-order valence-electron chi connectivity index (χ4n) is 2.82. The molecule has 24 heavy (non-hydrogen) atoms. The molecule has 128 valence electrons. The Hall–Kier alpha value is -2.16. The summed E-state index contributed by atoms with van der Waals surface area (Å²) >= 11 is 1.61. The molecular formula is C15H21N7OS. The number of anilines is 1. The van der Waals surface area contributed by atoms with E-state index in [0.29, 0.717) is 0 Å². The molecule has 0 aliphatic carbocycles. The van der Waals surface area contributed by atoms with Crippen LogP contribution in [0.25, 0.3) is 0 Å². The van der Waals surface area contributed by atoms with Crippen LogP contribution < -0.4 is 4.90 Å². The molecule has 0 N–H and O–H groups in total. The molecule has 1 aliphatic rings. The van der Waals surface area contributed by atoms with Crippen molar-refractivity contribution in [2.24, 2.45) is 0 Å². The van der Waals surface area contributed by atoms with Gasteiger partial charge in [-0.05, 0) is 25.2 Å². The summed E-state index contributed by atoms with van der Waals surface area (Å²) in [6.45, 7) is 1.93. The molecule has 1 amide bonds. The van der Waals surface area contributed by atoms with Gasteiger partial charge in [0.25, 0.3) is 0 Å². The van der Waals surface area contributed by atoms with Crippen LogP contribution in [0, 0.1) is 0 Å². The van der Waals surface area contributed by atoms with Crippen LogP contribution in [0.15, 0.2) is 29.9 Å². The Morgan fingerprint density at radius 1 is 1.42 bits per heavy atom. The highest BCUT2D eigenvalue weighted by Crippen LogP contribution is 2.21. The molecule has 3 heterocycles. The summed E-state index contributed by atoms with van der Waals surface area (Å²) in [5.41, 5.74) is 0. The van der Waals surface area contributed by atoms with Gasteiger partial charge in [-0.1, -0.05) is 0 Å². The van der Waals surface area contributed by atoms with E-state index in [9.17, 15) is 4.79 Å². The fraction of sp³-hybridized carbons (Fsp3) is 0.533. The number of piperidine rings is 1. The van der Waals surface area contributed by atoms with Gasteiger partial charge in [0, 0.05) is 32.4 Å². The van der Waals surface area contributed by atoms with Crippen molar-refractivity contribution >= 4 is 23.6 Å². The molecule has 3 rings (SSSR count). The number of carbonyl (C=O) groups is 1. The zero-order valence-electron chi connectivity index (χ0n) is 13.9. The van der Waals surface area contributed by atoms with Crippen molar-refractivity contribution in [1.82, 2.24) is 29.6 Å². The molecule has 0 bridgehead atoms. The SMILES string of the molecule is CSc1ccnc(N2CCC(N(C)C(=O)Cn3cncn3)CC2)n1. The number of amides is 1. The van der Waals surface area contributed by atoms with E-state index >= 15 is 0 Å². The zero-order chi connectivity index (χ0) is 16.9. The van der Waals surface area contributed by atoms with Crippen LogP contribution >= 0.6 is 11.8 Å². The second-order valence-electron chi connectivity index (χ2n) is 5.71. The van der Waals surface area contributed by atoms with Gasteiger partial charge in [-0.25, -0.2) is 19.6 Å². The predicted octanol–water partition coefficient (Wildman–Crippen LogP) is 0.917. The summed E-state index contributed by atoms with van der Waals surface area (Å²) in [4.78, 5) is 29.1. The second-order valence-corrected chi connectivity index (χ2v) is 6.54. The van der Waals surface area contributed by atoms with Gasteiger partial charge in [0.2, 0.25) is 11.9 Å². The first kappa shape index (κ1) is 16.7. The zero-order valence-corrected chi connectivity index (χ0v) is 14.7. The van der Waals surface area contributed by atoms with E-state index in [2.05, 4.69) is 25.0 Å². The third-order valence-corrected chi connectivity index (χ3v) is 4.92. The molecule has 8 nitrogen and oxygen atoms in total. The molecule has 0 radical (unpaired) electrons. The average Bonchev–Trinajstić information content (AvgIpc) is 3.14. The first-order valence-corrected chi connectivity index (χ1v) is 9.10. The van der Waals surface area contributed by atoms with E-state index in [1.54, 1.807) is 29.0 Å². The lowest BCUT2D eigenvalue weighted by atomic mass is 10.0. The molecule has 2 aromatic heterocycles. The lowest BCUT2D eigenvalue weighted by Crippen LogP contribution is -2.47. The maximum atomic E-state index is 12.3. The van der Waals surface area contributed by atoms with Gasteiger partial charge in [0.1, 0.15) is 24.2 Å². The number of thioether (sulfide) groups is 1. The Kier molecular flexibility index (Phi) is 5.29. The van der Waals surface area contributed by atoms with Crippen LogP contribution in [-0.4, -0.2) is 68.0 Å². The summed E-state index contributed by atoms with van der Waals surface area (Å²) in [5.74, 6) is 0.830. The van der Waals surface area contributed by atoms with Gasteiger partial charge in [-0.3, -0.25) is 4.79 Å². The molecule has 2 aromatic rings. The van der Waals surface area contributed by atoms with Crippen molar-refractivity contribution in [3.63, 3.8) is 0 Å². The lowest BCUT2D eigenvalue weighted by Gasteiger charge is -2.36. The summed E-state index contributed by atoms with van der Waals surface area (Å²) in [5, 5.41) is 4.96. The van der Waals surface area contributed by atoms with Crippen LogP contribution in [0.1, 0.15) is 12.8 Å². The quantitative estimate of drug-likeness (QED) is 0.588. The molecule has 1 saturated heterocycles. The smallest absolute Gasteiger partial charge is 0.244 e. The van der Waals surface area contributed by atoms with Crippen LogP contribution in [0.4, 0.5) is 5.95 Å². The number of likely N-dealkylation sites (N-methyl/N-ethyl adjacent to an activating group) is 1. The predicted molar refractivity (Wildman–Crippen MR) is 91.8 cm³/mol. The highest BCUT2D eigenvalue weighted by molar-refractivity contribution is 7.98. The second kappa shape index (κ2) is 7.61. The number of hydrogen-bond donors (Lipinski definition) is 0. The number of nitrogens with zero attached hydrogens (tertiary/aromatic N) is 7. The highest BCUT2D eigenvalue weighted by Gasteiger charge is 2.26. The summed E-state index contributed by atoms with van der Waals surface area (Å²) < 4.78 is 1.55. The van der Waals surface area contributed by atoms with Crippen LogP contribution in [0.2, 0.25) is 0 Å². The van der Waals surface area contributed by atoms with E-state index in [4.69, 9.17) is 0 Å². The van der Waals surface area contributed by atoms with Gasteiger partial charge >= 0.3 is 0 Å². The Morgan fingerprint density at radius 3 is 2.88 bits per heavy atom. The van der Waals surface area contributed by atoms with Crippen molar-refractivity contribution in [2.45, 2.75) is 30.5 Å². The normalized spacial score (nSPS) is 15.5. The number of aromatic nitrogens is 5. The van der Waals surface area contributed by atoms with Crippen molar-refractivity contribution in [3.8, 4) is 0 Å². The van der Waals surface area contributed by atoms with Crippen LogP contribution in [0.3, 0.4) is 0 Å². The molecule has 0 spiro atoms. The van der Waals surface area contributed by atoms with Crippen LogP contribution in [0.5, 0.6) is 0 Å². The third kappa shape index (κ3) is 3.84. The molecule has 1 aliphatic heterocycles. The molecule has 0 atom stereocenters. The van der Waals surface area contributed by atoms with E-state index < -0.39 is 0 Å². The van der Waals surface area contributed by atoms with Gasteiger partial charge in [-0.2, -0.15) is 5.10 Å². The topological polar surface area (TPSA) is 80.0 Å². The van der Waals surface area contributed by atoms with Crippen molar-refractivity contribution in [3.05, 3.63) is 24.9 Å². The van der Waals surface area contributed by atoms with Gasteiger partial charge in [-0.15, -0.1) is 11.8 Å². The molecule has 0 saturated carbocycles. The largest absolute Gasteiger partial charge is 0.341 e. The first-order valence-electron chi connectivity index (χ1n) is 7.87. The van der Waals surface area contributed by atoms with Crippen molar-refractivity contribution in [2.75, 3.05) is 31.3 Å². The number of rotatable bonds is 5. The standard InChI is InChI=1S/C15H21N7OS/c1-20(14(23)9-22-11-16-10-18-22)12-4-7-21(8-5-12)15-17-6-3-13(19-15)24-2/h3,6,10-12H,4-5,7-9H2,1-2H3. The maximum Gasteiger partial charge on any atom is 0.244 e. The molecule has 1 fully saturated rings. The van der Waals surface area contributed by atoms with E-state index in [1.807, 2.05) is 24.3 Å². The summed E-state index contributed by atoms with van der Waals surface area (Å²) in [6.07, 6.45) is 8.62. The molecular weight excluding hydrogens is 326 g/mol. The van der Waals surface area contributed by atoms with E-state index in [0.717, 1.165) is 36.9 Å². The Labute approximate surface area is 145 Å². The van der Waals surface area contributed by atoms with Gasteiger partial charge < -0.3 is 9.80 Å². The average molecular weight is 347 g/mol. The maximum absolute atomic E-state index is 12.3. The molecule has 0 aromatic carbocycles. The Bertz CT molecular complexity index is 670. The number of carbonyl (C=O) groups excluding carboxylic acids is 1. The van der Waals surface area contributed by atoms with Crippen molar-refractivity contribution < 1.29 is 4.79 Å².